The van der Waals surface area contributed by atoms with Crippen molar-refractivity contribution in [3.8, 4) is 0 Å². The molecule has 3 amide bonds. The van der Waals surface area contributed by atoms with Gasteiger partial charge in [0.05, 0.1) is 12.0 Å². The van der Waals surface area contributed by atoms with Crippen LogP contribution in [0.4, 0.5) is 9.18 Å². The zero-order valence-corrected chi connectivity index (χ0v) is 24.4. The van der Waals surface area contributed by atoms with E-state index in [0.717, 1.165) is 31.2 Å². The predicted molar refractivity (Wildman–Crippen MR) is 152 cm³/mol. The first-order chi connectivity index (χ1) is 19.2. The lowest BCUT2D eigenvalue weighted by atomic mass is 9.63. The normalized spacial score (nSPS) is 22.6. The van der Waals surface area contributed by atoms with Gasteiger partial charge in [-0.1, -0.05) is 45.2 Å². The number of nitrogens with zero attached hydrogens (tertiary/aromatic N) is 2. The topological polar surface area (TPSA) is 91.0 Å². The number of amides is 3. The number of carbonyl (C=O) groups is 3. The van der Waals surface area contributed by atoms with Gasteiger partial charge in [-0.3, -0.25) is 9.59 Å². The van der Waals surface area contributed by atoms with Crippen LogP contribution >= 0.6 is 0 Å². The highest BCUT2D eigenvalue weighted by molar-refractivity contribution is 5.88. The lowest BCUT2D eigenvalue weighted by Gasteiger charge is -2.46. The van der Waals surface area contributed by atoms with Crippen LogP contribution < -0.4 is 10.6 Å². The summed E-state index contributed by atoms with van der Waals surface area (Å²) in [6, 6.07) is 5.08. The van der Waals surface area contributed by atoms with E-state index in [1.54, 1.807) is 17.0 Å². The van der Waals surface area contributed by atoms with Gasteiger partial charge >= 0.3 is 12.0 Å². The highest BCUT2D eigenvalue weighted by atomic mass is 19.1. The first kappa shape index (κ1) is 30.3. The minimum atomic E-state index is -0.787. The molecule has 2 atom stereocenters. The summed E-state index contributed by atoms with van der Waals surface area (Å²) in [5.74, 6) is -0.0699. The molecule has 3 fully saturated rings. The molecule has 8 nitrogen and oxygen atoms in total. The van der Waals surface area contributed by atoms with Crippen molar-refractivity contribution in [3.05, 3.63) is 35.6 Å². The fraction of sp³-hybridized carbons (Fsp3) is 0.710. The molecule has 1 aromatic carbocycles. The van der Waals surface area contributed by atoms with E-state index in [1.165, 1.54) is 18.6 Å². The molecule has 1 aliphatic carbocycles. The Labute approximate surface area is 238 Å². The molecule has 4 rings (SSSR count). The minimum absolute atomic E-state index is 0.0333. The molecule has 0 spiro atoms. The highest BCUT2D eigenvalue weighted by Gasteiger charge is 2.49. The van der Waals surface area contributed by atoms with Crippen LogP contribution in [0.1, 0.15) is 71.3 Å². The number of esters is 1. The summed E-state index contributed by atoms with van der Waals surface area (Å²) in [4.78, 5) is 44.4. The van der Waals surface area contributed by atoms with Crippen molar-refractivity contribution in [2.75, 3.05) is 39.3 Å². The number of piperazine rings is 1. The quantitative estimate of drug-likeness (QED) is 0.469. The maximum Gasteiger partial charge on any atom is 0.318 e. The Kier molecular flexibility index (Phi) is 10.4. The van der Waals surface area contributed by atoms with Gasteiger partial charge in [0.1, 0.15) is 11.9 Å². The van der Waals surface area contributed by atoms with E-state index in [0.29, 0.717) is 52.2 Å². The Morgan fingerprint density at radius 2 is 1.75 bits per heavy atom. The fourth-order valence-electron chi connectivity index (χ4n) is 6.92. The van der Waals surface area contributed by atoms with Crippen molar-refractivity contribution in [1.29, 1.82) is 0 Å². The van der Waals surface area contributed by atoms with Gasteiger partial charge in [0.15, 0.2) is 0 Å². The third kappa shape index (κ3) is 6.96. The number of nitrogens with one attached hydrogen (secondary N) is 2. The second kappa shape index (κ2) is 13.8. The van der Waals surface area contributed by atoms with Crippen molar-refractivity contribution in [1.82, 2.24) is 20.4 Å². The zero-order chi connectivity index (χ0) is 28.7. The smallest absolute Gasteiger partial charge is 0.318 e. The Hall–Kier alpha value is -2.68. The molecule has 2 aliphatic heterocycles. The van der Waals surface area contributed by atoms with Gasteiger partial charge < -0.3 is 25.2 Å². The molecule has 9 heteroatoms. The minimum Gasteiger partial charge on any atom is -0.466 e. The Balaban J connectivity index is 1.50. The van der Waals surface area contributed by atoms with Crippen LogP contribution in [0.15, 0.2) is 24.3 Å². The molecule has 0 aromatic heterocycles. The largest absolute Gasteiger partial charge is 0.466 e. The Bertz CT molecular complexity index is 1000. The first-order valence-corrected chi connectivity index (χ1v) is 15.2. The van der Waals surface area contributed by atoms with Crippen LogP contribution in [0.2, 0.25) is 0 Å². The van der Waals surface area contributed by atoms with Gasteiger partial charge in [0.2, 0.25) is 5.91 Å². The van der Waals surface area contributed by atoms with E-state index >= 15 is 0 Å². The van der Waals surface area contributed by atoms with E-state index in [1.807, 2.05) is 11.8 Å². The van der Waals surface area contributed by atoms with E-state index < -0.39 is 11.5 Å². The van der Waals surface area contributed by atoms with Gasteiger partial charge in [-0.25, -0.2) is 9.18 Å². The van der Waals surface area contributed by atoms with Crippen LogP contribution in [0.5, 0.6) is 0 Å². The molecule has 2 N–H and O–H groups in total. The summed E-state index contributed by atoms with van der Waals surface area (Å²) in [6.45, 7) is 9.27. The number of piperidine rings is 1. The molecule has 1 aromatic rings. The van der Waals surface area contributed by atoms with Crippen LogP contribution in [0.3, 0.4) is 0 Å². The monoisotopic (exact) mass is 558 g/mol. The van der Waals surface area contributed by atoms with E-state index in [9.17, 15) is 18.8 Å². The summed E-state index contributed by atoms with van der Waals surface area (Å²) >= 11 is 0. The fourth-order valence-corrected chi connectivity index (χ4v) is 6.92. The second-order valence-electron chi connectivity index (χ2n) is 12.1. The average molecular weight is 559 g/mol. The first-order valence-electron chi connectivity index (χ1n) is 15.2. The molecule has 2 heterocycles. The van der Waals surface area contributed by atoms with Crippen molar-refractivity contribution in [2.45, 2.75) is 84.2 Å². The van der Waals surface area contributed by atoms with Gasteiger partial charge in [-0.15, -0.1) is 0 Å². The molecule has 0 bridgehead atoms. The van der Waals surface area contributed by atoms with Crippen molar-refractivity contribution in [2.24, 2.45) is 17.3 Å². The predicted octanol–water partition coefficient (Wildman–Crippen LogP) is 4.13. The number of carbonyl (C=O) groups excluding carboxylic acids is 3. The molecule has 0 unspecified atom stereocenters. The number of hydrogen-bond donors (Lipinski definition) is 2. The molecule has 3 aliphatic rings. The number of ether oxygens (including phenoxy) is 1. The number of halogens is 1. The van der Waals surface area contributed by atoms with Crippen LogP contribution in [-0.4, -0.2) is 79.1 Å². The lowest BCUT2D eigenvalue weighted by Crippen LogP contribution is -2.61. The SMILES string of the molecule is CCOC(=O)C1(C2CCCCC2)CCN(C(=O)[C@@H](Cc2ccc(F)cc2)NC(=O)N2CCNC[C@@H]2C(C)C)CC1. The number of benzene rings is 1. The molecule has 40 heavy (non-hydrogen) atoms. The Morgan fingerprint density at radius 3 is 2.38 bits per heavy atom. The summed E-state index contributed by atoms with van der Waals surface area (Å²) in [6.07, 6.45) is 6.93. The average Bonchev–Trinajstić information content (AvgIpc) is 2.98. The van der Waals surface area contributed by atoms with Crippen molar-refractivity contribution < 1.29 is 23.5 Å². The van der Waals surface area contributed by atoms with E-state index in [4.69, 9.17) is 4.74 Å². The van der Waals surface area contributed by atoms with Crippen LogP contribution in [-0.2, 0) is 20.7 Å². The number of urea groups is 1. The maximum atomic E-state index is 14.0. The van der Waals surface area contributed by atoms with Gasteiger partial charge in [-0.2, -0.15) is 0 Å². The van der Waals surface area contributed by atoms with E-state index in [-0.39, 0.29) is 48.0 Å². The third-order valence-corrected chi connectivity index (χ3v) is 9.30. The molecule has 222 valence electrons. The van der Waals surface area contributed by atoms with E-state index in [2.05, 4.69) is 24.5 Å². The van der Waals surface area contributed by atoms with Gasteiger partial charge in [0, 0.05) is 45.2 Å². The number of likely N-dealkylation sites (tertiary alicyclic amines) is 1. The van der Waals surface area contributed by atoms with Gasteiger partial charge in [-0.05, 0) is 62.1 Å². The molecule has 0 radical (unpaired) electrons. The zero-order valence-electron chi connectivity index (χ0n) is 24.4. The molecule has 1 saturated carbocycles. The van der Waals surface area contributed by atoms with Crippen LogP contribution in [0, 0.1) is 23.1 Å². The summed E-state index contributed by atoms with van der Waals surface area (Å²) in [5, 5.41) is 6.40. The maximum absolute atomic E-state index is 14.0. The second-order valence-corrected chi connectivity index (χ2v) is 12.1. The Morgan fingerprint density at radius 1 is 1.07 bits per heavy atom. The molecular formula is C31H47FN4O4. The van der Waals surface area contributed by atoms with Gasteiger partial charge in [0.25, 0.3) is 0 Å². The van der Waals surface area contributed by atoms with Crippen molar-refractivity contribution >= 4 is 17.9 Å². The van der Waals surface area contributed by atoms with Crippen molar-refractivity contribution in [3.63, 3.8) is 0 Å². The summed E-state index contributed by atoms with van der Waals surface area (Å²) in [5.41, 5.74) is 0.231. The number of rotatable bonds is 8. The summed E-state index contributed by atoms with van der Waals surface area (Å²) in [7, 11) is 0. The molecule has 2 saturated heterocycles. The highest BCUT2D eigenvalue weighted by Crippen LogP contribution is 2.47. The third-order valence-electron chi connectivity index (χ3n) is 9.30. The summed E-state index contributed by atoms with van der Waals surface area (Å²) < 4.78 is 19.2. The molecular weight excluding hydrogens is 511 g/mol. The standard InChI is InChI=1S/C31H47FN4O4/c1-4-40-29(38)31(24-8-6-5-7-9-24)14-17-35(18-15-31)28(37)26(20-23-10-12-25(32)13-11-23)34-30(39)36-19-16-33-21-27(36)22(2)3/h10-13,22,24,26-27,33H,4-9,14-21H2,1-3H3,(H,34,39)/t26-,27-/m1/s1. The van der Waals surface area contributed by atoms with Crippen LogP contribution in [0.25, 0.3) is 0 Å². The lowest BCUT2D eigenvalue weighted by molar-refractivity contribution is -0.166. The number of hydrogen-bond acceptors (Lipinski definition) is 5.